The van der Waals surface area contributed by atoms with Crippen molar-refractivity contribution in [1.29, 1.82) is 0 Å². The van der Waals surface area contributed by atoms with Crippen LogP contribution in [0.1, 0.15) is 10.4 Å². The second-order valence-corrected chi connectivity index (χ2v) is 6.87. The molecule has 1 N–H and O–H groups in total. The third kappa shape index (κ3) is 3.91. The van der Waals surface area contributed by atoms with Gasteiger partial charge in [0.25, 0.3) is 11.8 Å². The summed E-state index contributed by atoms with van der Waals surface area (Å²) < 4.78 is 11.4. The third-order valence-corrected chi connectivity index (χ3v) is 4.54. The second-order valence-electron chi connectivity index (χ2n) is 6.87. The number of carbonyl (C=O) groups is 2. The minimum Gasteiger partial charge on any atom is -0.484 e. The van der Waals surface area contributed by atoms with E-state index in [9.17, 15) is 9.59 Å². The van der Waals surface area contributed by atoms with Crippen LogP contribution in [0.4, 0.5) is 5.69 Å². The number of nitrogens with zero attached hydrogens (tertiary/aromatic N) is 1. The zero-order chi connectivity index (χ0) is 20.4. The number of rotatable bonds is 5. The third-order valence-electron chi connectivity index (χ3n) is 4.54. The number of hydrogen-bond acceptors (Lipinski definition) is 4. The fraction of sp³-hybridized carbons (Fsp3) is 0.130. The summed E-state index contributed by atoms with van der Waals surface area (Å²) in [5.41, 5.74) is 2.75. The van der Waals surface area contributed by atoms with Crippen LogP contribution in [0.2, 0.25) is 0 Å². The summed E-state index contributed by atoms with van der Waals surface area (Å²) in [5, 5.41) is 4.71. The fourth-order valence-corrected chi connectivity index (χ4v) is 3.10. The van der Waals surface area contributed by atoms with Gasteiger partial charge in [0.1, 0.15) is 16.9 Å². The van der Waals surface area contributed by atoms with Gasteiger partial charge >= 0.3 is 0 Å². The highest BCUT2D eigenvalue weighted by Gasteiger charge is 2.10. The Morgan fingerprint density at radius 2 is 1.66 bits per heavy atom. The summed E-state index contributed by atoms with van der Waals surface area (Å²) in [6, 6.07) is 20.0. The molecule has 4 rings (SSSR count). The smallest absolute Gasteiger partial charge is 0.262 e. The van der Waals surface area contributed by atoms with Gasteiger partial charge in [-0.25, -0.2) is 0 Å². The van der Waals surface area contributed by atoms with Gasteiger partial charge in [-0.3, -0.25) is 9.59 Å². The molecule has 6 heteroatoms. The van der Waals surface area contributed by atoms with E-state index >= 15 is 0 Å². The summed E-state index contributed by atoms with van der Waals surface area (Å²) in [4.78, 5) is 25.6. The zero-order valence-electron chi connectivity index (χ0n) is 16.1. The lowest BCUT2D eigenvalue weighted by Gasteiger charge is -2.11. The molecule has 1 heterocycles. The highest BCUT2D eigenvalue weighted by molar-refractivity contribution is 6.05. The fourth-order valence-electron chi connectivity index (χ4n) is 3.10. The number of nitrogens with one attached hydrogen (secondary N) is 1. The van der Waals surface area contributed by atoms with E-state index in [-0.39, 0.29) is 18.4 Å². The first kappa shape index (κ1) is 18.6. The highest BCUT2D eigenvalue weighted by atomic mass is 16.5. The molecule has 0 aliphatic carbocycles. The van der Waals surface area contributed by atoms with E-state index in [2.05, 4.69) is 5.32 Å². The van der Waals surface area contributed by atoms with Crippen LogP contribution in [0, 0.1) is 0 Å². The van der Waals surface area contributed by atoms with Crippen LogP contribution < -0.4 is 10.1 Å². The topological polar surface area (TPSA) is 71.8 Å². The predicted octanol–water partition coefficient (Wildman–Crippen LogP) is 4.31. The number of carbonyl (C=O) groups excluding carboxylic acids is 2. The van der Waals surface area contributed by atoms with E-state index in [0.717, 1.165) is 21.9 Å². The Morgan fingerprint density at radius 3 is 2.41 bits per heavy atom. The Kier molecular flexibility index (Phi) is 4.91. The lowest BCUT2D eigenvalue weighted by Crippen LogP contribution is -2.22. The Labute approximate surface area is 167 Å². The molecule has 0 atom stereocenters. The summed E-state index contributed by atoms with van der Waals surface area (Å²) in [6.45, 7) is -0.125. The number of benzene rings is 3. The maximum absolute atomic E-state index is 12.2. The molecule has 0 aliphatic rings. The average Bonchev–Trinajstić information content (AvgIpc) is 3.10. The van der Waals surface area contributed by atoms with E-state index in [1.165, 1.54) is 4.90 Å². The van der Waals surface area contributed by atoms with Crippen LogP contribution in [-0.4, -0.2) is 37.4 Å². The van der Waals surface area contributed by atoms with Crippen LogP contribution >= 0.6 is 0 Å². The van der Waals surface area contributed by atoms with Crippen molar-refractivity contribution < 1.29 is 18.7 Å². The lowest BCUT2D eigenvalue weighted by molar-refractivity contribution is -0.118. The number of fused-ring (bicyclic) bond motifs is 3. The van der Waals surface area contributed by atoms with Gasteiger partial charge in [0, 0.05) is 36.1 Å². The number of furan rings is 1. The molecule has 4 aromatic rings. The largest absolute Gasteiger partial charge is 0.484 e. The number of hydrogen-bond donors (Lipinski definition) is 1. The first-order valence-corrected chi connectivity index (χ1v) is 9.17. The van der Waals surface area contributed by atoms with Gasteiger partial charge in [0.2, 0.25) is 0 Å². The van der Waals surface area contributed by atoms with Crippen LogP contribution in [0.25, 0.3) is 21.9 Å². The average molecular weight is 388 g/mol. The van der Waals surface area contributed by atoms with Crippen LogP contribution in [0.3, 0.4) is 0 Å². The van der Waals surface area contributed by atoms with Crippen molar-refractivity contribution in [2.45, 2.75) is 0 Å². The summed E-state index contributed by atoms with van der Waals surface area (Å²) >= 11 is 0. The molecule has 0 unspecified atom stereocenters. The van der Waals surface area contributed by atoms with E-state index < -0.39 is 0 Å². The molecule has 6 nitrogen and oxygen atoms in total. The summed E-state index contributed by atoms with van der Waals surface area (Å²) in [5.74, 6) is 0.216. The summed E-state index contributed by atoms with van der Waals surface area (Å²) in [7, 11) is 3.39. The predicted molar refractivity (Wildman–Crippen MR) is 112 cm³/mol. The molecule has 0 radical (unpaired) electrons. The van der Waals surface area contributed by atoms with Crippen LogP contribution in [0.5, 0.6) is 5.75 Å². The molecule has 3 aromatic carbocycles. The van der Waals surface area contributed by atoms with Crippen LogP contribution in [0.15, 0.2) is 71.1 Å². The maximum atomic E-state index is 12.2. The van der Waals surface area contributed by atoms with Crippen molar-refractivity contribution in [3.05, 3.63) is 72.3 Å². The van der Waals surface area contributed by atoms with Crippen molar-refractivity contribution in [1.82, 2.24) is 4.90 Å². The molecule has 0 aliphatic heterocycles. The number of amides is 2. The number of anilines is 1. The Hall–Kier alpha value is -3.80. The monoisotopic (exact) mass is 388 g/mol. The maximum Gasteiger partial charge on any atom is 0.262 e. The molecule has 1 aromatic heterocycles. The Balaban J connectivity index is 1.40. The standard InChI is InChI=1S/C23H20N2O4/c1-25(2)23(27)15-7-9-16(10-8-15)24-22(26)14-28-17-11-12-21-19(13-17)18-5-3-4-6-20(18)29-21/h3-13H,14H2,1-2H3,(H,24,26). The van der Waals surface area contributed by atoms with Gasteiger partial charge in [-0.15, -0.1) is 0 Å². The molecule has 0 bridgehead atoms. The van der Waals surface area contributed by atoms with Crippen molar-refractivity contribution in [3.63, 3.8) is 0 Å². The molecular weight excluding hydrogens is 368 g/mol. The van der Waals surface area contributed by atoms with E-state index in [0.29, 0.717) is 17.0 Å². The normalized spacial score (nSPS) is 10.8. The molecule has 0 fully saturated rings. The zero-order valence-corrected chi connectivity index (χ0v) is 16.1. The molecule has 2 amide bonds. The lowest BCUT2D eigenvalue weighted by atomic mass is 10.1. The molecule has 29 heavy (non-hydrogen) atoms. The van der Waals surface area contributed by atoms with E-state index in [1.54, 1.807) is 44.4 Å². The van der Waals surface area contributed by atoms with Gasteiger partial charge < -0.3 is 19.4 Å². The second kappa shape index (κ2) is 7.67. The molecule has 146 valence electrons. The van der Waals surface area contributed by atoms with E-state index in [1.807, 2.05) is 36.4 Å². The van der Waals surface area contributed by atoms with Gasteiger partial charge in [0.05, 0.1) is 0 Å². The quantitative estimate of drug-likeness (QED) is 0.553. The van der Waals surface area contributed by atoms with E-state index in [4.69, 9.17) is 9.15 Å². The highest BCUT2D eigenvalue weighted by Crippen LogP contribution is 2.31. The van der Waals surface area contributed by atoms with Crippen molar-refractivity contribution in [3.8, 4) is 5.75 Å². The Bertz CT molecular complexity index is 1190. The van der Waals surface area contributed by atoms with Gasteiger partial charge in [-0.1, -0.05) is 18.2 Å². The minimum atomic E-state index is -0.283. The first-order valence-electron chi connectivity index (χ1n) is 9.17. The molecule has 0 saturated heterocycles. The van der Waals surface area contributed by atoms with Crippen LogP contribution in [-0.2, 0) is 4.79 Å². The van der Waals surface area contributed by atoms with Crippen molar-refractivity contribution in [2.24, 2.45) is 0 Å². The van der Waals surface area contributed by atoms with Crippen molar-refractivity contribution >= 4 is 39.4 Å². The minimum absolute atomic E-state index is 0.0895. The van der Waals surface area contributed by atoms with Crippen molar-refractivity contribution in [2.75, 3.05) is 26.0 Å². The van der Waals surface area contributed by atoms with Gasteiger partial charge in [-0.05, 0) is 48.5 Å². The van der Waals surface area contributed by atoms with Gasteiger partial charge in [0.15, 0.2) is 6.61 Å². The molecule has 0 saturated carbocycles. The molecular formula is C23H20N2O4. The first-order chi connectivity index (χ1) is 14.0. The summed E-state index contributed by atoms with van der Waals surface area (Å²) in [6.07, 6.45) is 0. The molecule has 0 spiro atoms. The number of para-hydroxylation sites is 1. The van der Waals surface area contributed by atoms with Gasteiger partial charge in [-0.2, -0.15) is 0 Å². The number of ether oxygens (including phenoxy) is 1. The SMILES string of the molecule is CN(C)C(=O)c1ccc(NC(=O)COc2ccc3oc4ccccc4c3c2)cc1. The Morgan fingerprint density at radius 1 is 0.931 bits per heavy atom.